The lowest BCUT2D eigenvalue weighted by Crippen LogP contribution is -1.88. The molecule has 1 aromatic carbocycles. The summed E-state index contributed by atoms with van der Waals surface area (Å²) >= 11 is 5.02. The van der Waals surface area contributed by atoms with Gasteiger partial charge in [-0.3, -0.25) is 0 Å². The van der Waals surface area contributed by atoms with E-state index in [1.165, 1.54) is 18.4 Å². The molecule has 17 heavy (non-hydrogen) atoms. The van der Waals surface area contributed by atoms with E-state index in [-0.39, 0.29) is 0 Å². The lowest BCUT2D eigenvalue weighted by molar-refractivity contribution is 0.795. The predicted molar refractivity (Wildman–Crippen MR) is 73.5 cm³/mol. The normalized spacial score (nSPS) is 10.4. The fourth-order valence-corrected chi connectivity index (χ4v) is 1.94. The van der Waals surface area contributed by atoms with Gasteiger partial charge < -0.3 is 4.98 Å². The molecule has 1 aromatic heterocycles. The first-order valence-corrected chi connectivity index (χ1v) is 6.35. The number of aromatic amines is 1. The Morgan fingerprint density at radius 3 is 2.59 bits per heavy atom. The number of nitrogens with one attached hydrogen (secondary N) is 1. The highest BCUT2D eigenvalue weighted by Crippen LogP contribution is 2.17. The molecule has 0 bridgehead atoms. The molecule has 0 aliphatic carbocycles. The summed E-state index contributed by atoms with van der Waals surface area (Å²) in [7, 11) is 0. The van der Waals surface area contributed by atoms with E-state index in [2.05, 4.69) is 41.2 Å². The minimum Gasteiger partial charge on any atom is -0.330 e. The molecule has 1 heterocycles. The van der Waals surface area contributed by atoms with Crippen molar-refractivity contribution in [1.82, 2.24) is 9.97 Å². The molecule has 0 spiro atoms. The summed E-state index contributed by atoms with van der Waals surface area (Å²) in [6, 6.07) is 10.6. The lowest BCUT2D eigenvalue weighted by Gasteiger charge is -2.04. The second-order valence-electron chi connectivity index (χ2n) is 4.09. The van der Waals surface area contributed by atoms with Crippen molar-refractivity contribution in [1.29, 1.82) is 0 Å². The van der Waals surface area contributed by atoms with Gasteiger partial charge in [-0.05, 0) is 42.3 Å². The third-order valence-electron chi connectivity index (χ3n) is 2.76. The summed E-state index contributed by atoms with van der Waals surface area (Å²) in [6.45, 7) is 2.21. The average molecular weight is 244 g/mol. The topological polar surface area (TPSA) is 28.7 Å². The zero-order chi connectivity index (χ0) is 12.1. The van der Waals surface area contributed by atoms with Crippen LogP contribution in [0.15, 0.2) is 36.5 Å². The summed E-state index contributed by atoms with van der Waals surface area (Å²) in [6.07, 6.45) is 5.37. The van der Waals surface area contributed by atoms with Crippen LogP contribution in [0.2, 0.25) is 0 Å². The van der Waals surface area contributed by atoms with Gasteiger partial charge in [0.2, 0.25) is 0 Å². The quantitative estimate of drug-likeness (QED) is 0.818. The van der Waals surface area contributed by atoms with Crippen molar-refractivity contribution in [3.63, 3.8) is 0 Å². The molecule has 0 aliphatic heterocycles. The fraction of sp³-hybridized carbons (Fsp3) is 0.286. The summed E-state index contributed by atoms with van der Waals surface area (Å²) in [5.41, 5.74) is 3.56. The van der Waals surface area contributed by atoms with Crippen molar-refractivity contribution in [3.05, 3.63) is 46.9 Å². The fourth-order valence-electron chi connectivity index (χ4n) is 1.77. The maximum Gasteiger partial charge on any atom is 0.197 e. The first-order valence-electron chi connectivity index (χ1n) is 5.94. The molecule has 2 nitrogen and oxygen atoms in total. The Balaban J connectivity index is 2.20. The van der Waals surface area contributed by atoms with Gasteiger partial charge in [-0.2, -0.15) is 0 Å². The third kappa shape index (κ3) is 3.24. The molecule has 0 fully saturated rings. The van der Waals surface area contributed by atoms with Crippen molar-refractivity contribution in [2.45, 2.75) is 26.2 Å². The monoisotopic (exact) mass is 244 g/mol. The van der Waals surface area contributed by atoms with Crippen LogP contribution in [0.5, 0.6) is 0 Å². The van der Waals surface area contributed by atoms with E-state index in [9.17, 15) is 0 Å². The Bertz CT molecular complexity index is 528. The standard InChI is InChI=1S/C14H16N2S/c1-2-3-4-11-5-7-12(8-6-11)13-9-10-15-14(17)16-13/h5-10H,2-4H2,1H3,(H,15,16,17). The average Bonchev–Trinajstić information content (AvgIpc) is 2.37. The van der Waals surface area contributed by atoms with E-state index in [0.29, 0.717) is 4.77 Å². The van der Waals surface area contributed by atoms with Gasteiger partial charge in [-0.1, -0.05) is 37.6 Å². The molecule has 88 valence electrons. The van der Waals surface area contributed by atoms with Gasteiger partial charge in [0.05, 0.1) is 0 Å². The highest BCUT2D eigenvalue weighted by atomic mass is 32.1. The Labute approximate surface area is 107 Å². The summed E-state index contributed by atoms with van der Waals surface area (Å²) in [5.74, 6) is 0. The molecule has 0 saturated carbocycles. The highest BCUT2D eigenvalue weighted by molar-refractivity contribution is 7.71. The van der Waals surface area contributed by atoms with Gasteiger partial charge in [0.25, 0.3) is 0 Å². The van der Waals surface area contributed by atoms with Gasteiger partial charge in [-0.25, -0.2) is 4.98 Å². The largest absolute Gasteiger partial charge is 0.330 e. The zero-order valence-corrected chi connectivity index (χ0v) is 10.8. The first kappa shape index (κ1) is 12.0. The van der Waals surface area contributed by atoms with E-state index in [4.69, 9.17) is 12.2 Å². The number of rotatable bonds is 4. The first-order chi connectivity index (χ1) is 8.29. The van der Waals surface area contributed by atoms with Crippen LogP contribution in [-0.2, 0) is 6.42 Å². The number of hydrogen-bond donors (Lipinski definition) is 1. The van der Waals surface area contributed by atoms with E-state index < -0.39 is 0 Å². The SMILES string of the molecule is CCCCc1ccc(-c2ccnc(=S)[nH]2)cc1. The van der Waals surface area contributed by atoms with E-state index in [1.807, 2.05) is 6.07 Å². The molecule has 0 atom stereocenters. The number of hydrogen-bond acceptors (Lipinski definition) is 2. The second-order valence-corrected chi connectivity index (χ2v) is 4.48. The maximum atomic E-state index is 5.02. The molecular formula is C14H16N2S. The lowest BCUT2D eigenvalue weighted by atomic mass is 10.0. The summed E-state index contributed by atoms with van der Waals surface area (Å²) in [4.78, 5) is 7.07. The number of H-pyrrole nitrogens is 1. The number of benzene rings is 1. The maximum absolute atomic E-state index is 5.02. The molecule has 0 radical (unpaired) electrons. The van der Waals surface area contributed by atoms with Crippen molar-refractivity contribution in [2.24, 2.45) is 0 Å². The summed E-state index contributed by atoms with van der Waals surface area (Å²) < 4.78 is 0.526. The van der Waals surface area contributed by atoms with Crippen LogP contribution in [-0.4, -0.2) is 9.97 Å². The Morgan fingerprint density at radius 1 is 1.18 bits per heavy atom. The van der Waals surface area contributed by atoms with Gasteiger partial charge in [0, 0.05) is 11.9 Å². The van der Waals surface area contributed by atoms with Crippen LogP contribution in [0, 0.1) is 4.77 Å². The van der Waals surface area contributed by atoms with Crippen molar-refractivity contribution in [2.75, 3.05) is 0 Å². The van der Waals surface area contributed by atoms with Gasteiger partial charge in [0.1, 0.15) is 0 Å². The Hall–Kier alpha value is -1.48. The predicted octanol–water partition coefficient (Wildman–Crippen LogP) is 4.15. The smallest absolute Gasteiger partial charge is 0.197 e. The number of nitrogens with zero attached hydrogens (tertiary/aromatic N) is 1. The van der Waals surface area contributed by atoms with Gasteiger partial charge >= 0.3 is 0 Å². The Morgan fingerprint density at radius 2 is 1.94 bits per heavy atom. The van der Waals surface area contributed by atoms with Crippen molar-refractivity contribution < 1.29 is 0 Å². The Kier molecular flexibility index (Phi) is 4.04. The van der Waals surface area contributed by atoms with Crippen molar-refractivity contribution >= 4 is 12.2 Å². The zero-order valence-electron chi connectivity index (χ0n) is 9.94. The molecule has 0 unspecified atom stereocenters. The molecule has 0 saturated heterocycles. The van der Waals surface area contributed by atoms with Crippen LogP contribution in [0.4, 0.5) is 0 Å². The van der Waals surface area contributed by atoms with Crippen LogP contribution in [0.25, 0.3) is 11.3 Å². The molecular weight excluding hydrogens is 228 g/mol. The third-order valence-corrected chi connectivity index (χ3v) is 2.97. The van der Waals surface area contributed by atoms with E-state index >= 15 is 0 Å². The molecule has 0 amide bonds. The minimum atomic E-state index is 0.526. The minimum absolute atomic E-state index is 0.526. The molecule has 3 heteroatoms. The number of aromatic nitrogens is 2. The second kappa shape index (κ2) is 5.73. The van der Waals surface area contributed by atoms with Crippen LogP contribution >= 0.6 is 12.2 Å². The van der Waals surface area contributed by atoms with Crippen molar-refractivity contribution in [3.8, 4) is 11.3 Å². The molecule has 1 N–H and O–H groups in total. The molecule has 2 rings (SSSR count). The molecule has 0 aliphatic rings. The molecule has 2 aromatic rings. The van der Waals surface area contributed by atoms with E-state index in [0.717, 1.165) is 17.7 Å². The van der Waals surface area contributed by atoms with Gasteiger partial charge in [0.15, 0.2) is 4.77 Å². The number of aryl methyl sites for hydroxylation is 1. The van der Waals surface area contributed by atoms with Crippen LogP contribution < -0.4 is 0 Å². The van der Waals surface area contributed by atoms with Gasteiger partial charge in [-0.15, -0.1) is 0 Å². The van der Waals surface area contributed by atoms with Crippen LogP contribution in [0.3, 0.4) is 0 Å². The highest BCUT2D eigenvalue weighted by Gasteiger charge is 1.98. The van der Waals surface area contributed by atoms with E-state index in [1.54, 1.807) is 6.20 Å². The van der Waals surface area contributed by atoms with Crippen LogP contribution in [0.1, 0.15) is 25.3 Å². The summed E-state index contributed by atoms with van der Waals surface area (Å²) in [5, 5.41) is 0. The number of unbranched alkanes of at least 4 members (excludes halogenated alkanes) is 1.